The summed E-state index contributed by atoms with van der Waals surface area (Å²) >= 11 is 6.48. The molecule has 0 radical (unpaired) electrons. The fourth-order valence-corrected chi connectivity index (χ4v) is 2.69. The van der Waals surface area contributed by atoms with E-state index in [4.69, 9.17) is 18.0 Å². The lowest BCUT2D eigenvalue weighted by atomic mass is 10.1. The third-order valence-electron chi connectivity index (χ3n) is 2.91. The van der Waals surface area contributed by atoms with Gasteiger partial charge in [-0.2, -0.15) is 11.3 Å². The zero-order valence-corrected chi connectivity index (χ0v) is 12.3. The summed E-state index contributed by atoms with van der Waals surface area (Å²) < 4.78 is 0. The normalized spacial score (nSPS) is 10.2. The highest BCUT2D eigenvalue weighted by molar-refractivity contribution is 7.80. The van der Waals surface area contributed by atoms with Crippen LogP contribution in [0.3, 0.4) is 0 Å². The first-order chi connectivity index (χ1) is 9.00. The van der Waals surface area contributed by atoms with Crippen molar-refractivity contribution >= 4 is 40.1 Å². The van der Waals surface area contributed by atoms with Crippen molar-refractivity contribution < 1.29 is 4.79 Å². The number of thiocarbonyl (C=S) groups is 1. The van der Waals surface area contributed by atoms with E-state index < -0.39 is 0 Å². The number of rotatable bonds is 3. The molecule has 0 unspecified atom stereocenters. The van der Waals surface area contributed by atoms with Gasteiger partial charge in [0, 0.05) is 23.7 Å². The minimum Gasteiger partial charge on any atom is -0.389 e. The van der Waals surface area contributed by atoms with Crippen molar-refractivity contribution in [2.75, 3.05) is 11.9 Å². The summed E-state index contributed by atoms with van der Waals surface area (Å²) in [6, 6.07) is 7.36. The molecule has 0 saturated heterocycles. The number of benzene rings is 1. The van der Waals surface area contributed by atoms with E-state index in [1.165, 1.54) is 11.3 Å². The minimum atomic E-state index is -0.0289. The Morgan fingerprint density at radius 3 is 2.68 bits per heavy atom. The third-order valence-corrected chi connectivity index (χ3v) is 4.01. The lowest BCUT2D eigenvalue weighted by Crippen LogP contribution is -2.26. The molecule has 2 aromatic rings. The van der Waals surface area contributed by atoms with E-state index in [0.717, 1.165) is 22.4 Å². The molecule has 1 aromatic heterocycles. The summed E-state index contributed by atoms with van der Waals surface area (Å²) in [5.74, 6) is -0.0289. The molecular weight excluding hydrogens is 276 g/mol. The molecule has 3 nitrogen and oxygen atoms in total. The Bertz CT molecular complexity index is 634. The molecule has 0 aliphatic heterocycles. The van der Waals surface area contributed by atoms with Gasteiger partial charge in [0.1, 0.15) is 4.99 Å². The van der Waals surface area contributed by atoms with Gasteiger partial charge < -0.3 is 10.6 Å². The highest BCUT2D eigenvalue weighted by Gasteiger charge is 2.16. The zero-order valence-electron chi connectivity index (χ0n) is 10.7. The largest absolute Gasteiger partial charge is 0.389 e. The Labute approximate surface area is 121 Å². The molecule has 0 spiro atoms. The van der Waals surface area contributed by atoms with Gasteiger partial charge in [0.05, 0.1) is 5.56 Å². The predicted octanol–water partition coefficient (Wildman–Crippen LogP) is 2.97. The first-order valence-electron chi connectivity index (χ1n) is 5.71. The quantitative estimate of drug-likeness (QED) is 0.884. The smallest absolute Gasteiger partial charge is 0.259 e. The van der Waals surface area contributed by atoms with Crippen LogP contribution in [0, 0.1) is 6.92 Å². The van der Waals surface area contributed by atoms with Gasteiger partial charge >= 0.3 is 0 Å². The second kappa shape index (κ2) is 5.50. The van der Waals surface area contributed by atoms with Crippen LogP contribution in [0.15, 0.2) is 35.0 Å². The van der Waals surface area contributed by atoms with Crippen LogP contribution >= 0.6 is 23.6 Å². The number of hydrogen-bond donors (Lipinski definition) is 1. The lowest BCUT2D eigenvalue weighted by molar-refractivity contribution is 0.0993. The maximum absolute atomic E-state index is 12.4. The van der Waals surface area contributed by atoms with E-state index in [0.29, 0.717) is 4.99 Å². The van der Waals surface area contributed by atoms with Crippen LogP contribution in [0.25, 0.3) is 0 Å². The number of hydrogen-bond acceptors (Lipinski definition) is 3. The van der Waals surface area contributed by atoms with Crippen molar-refractivity contribution in [1.82, 2.24) is 0 Å². The summed E-state index contributed by atoms with van der Waals surface area (Å²) in [5, 5.41) is 3.83. The Morgan fingerprint density at radius 1 is 1.37 bits per heavy atom. The molecule has 0 aliphatic carbocycles. The van der Waals surface area contributed by atoms with Crippen LogP contribution in [-0.2, 0) is 0 Å². The second-order valence-corrected chi connectivity index (χ2v) is 5.43. The van der Waals surface area contributed by atoms with Gasteiger partial charge in [0.25, 0.3) is 5.91 Å². The molecule has 98 valence electrons. The average molecular weight is 290 g/mol. The number of nitrogens with two attached hydrogens (primary N) is 1. The number of amides is 1. The van der Waals surface area contributed by atoms with Crippen molar-refractivity contribution in [3.8, 4) is 0 Å². The number of carbonyl (C=O) groups is 1. The monoisotopic (exact) mass is 290 g/mol. The van der Waals surface area contributed by atoms with Crippen molar-refractivity contribution in [2.24, 2.45) is 5.73 Å². The van der Waals surface area contributed by atoms with Crippen LogP contribution in [0.1, 0.15) is 21.5 Å². The number of anilines is 1. The van der Waals surface area contributed by atoms with Gasteiger partial charge in [-0.05, 0) is 30.0 Å². The van der Waals surface area contributed by atoms with Gasteiger partial charge in [-0.25, -0.2) is 0 Å². The zero-order chi connectivity index (χ0) is 14.0. The SMILES string of the molecule is Cc1cscc1C(=O)N(C)c1cccc(C(N)=S)c1. The van der Waals surface area contributed by atoms with Gasteiger partial charge in [0.15, 0.2) is 0 Å². The van der Waals surface area contributed by atoms with E-state index in [1.807, 2.05) is 41.9 Å². The van der Waals surface area contributed by atoms with Crippen LogP contribution in [0.2, 0.25) is 0 Å². The minimum absolute atomic E-state index is 0.0289. The first-order valence-corrected chi connectivity index (χ1v) is 7.06. The van der Waals surface area contributed by atoms with Gasteiger partial charge in [0.2, 0.25) is 0 Å². The summed E-state index contributed by atoms with van der Waals surface area (Å²) in [6.07, 6.45) is 0. The summed E-state index contributed by atoms with van der Waals surface area (Å²) in [4.78, 5) is 14.3. The molecule has 5 heteroatoms. The maximum Gasteiger partial charge on any atom is 0.259 e. The molecule has 0 saturated carbocycles. The summed E-state index contributed by atoms with van der Waals surface area (Å²) in [5.41, 5.74) is 8.87. The fourth-order valence-electron chi connectivity index (χ4n) is 1.75. The van der Waals surface area contributed by atoms with E-state index in [1.54, 1.807) is 11.9 Å². The predicted molar refractivity (Wildman–Crippen MR) is 84.1 cm³/mol. The van der Waals surface area contributed by atoms with Gasteiger partial charge in [-0.15, -0.1) is 0 Å². The molecule has 0 fully saturated rings. The average Bonchev–Trinajstić information content (AvgIpc) is 2.83. The van der Waals surface area contributed by atoms with E-state index in [2.05, 4.69) is 0 Å². The number of carbonyl (C=O) groups excluding carboxylic acids is 1. The van der Waals surface area contributed by atoms with Crippen LogP contribution in [-0.4, -0.2) is 17.9 Å². The molecule has 2 N–H and O–H groups in total. The molecular formula is C14H14N2OS2. The molecule has 19 heavy (non-hydrogen) atoms. The molecule has 1 heterocycles. The molecule has 0 bridgehead atoms. The van der Waals surface area contributed by atoms with Crippen LogP contribution in [0.4, 0.5) is 5.69 Å². The van der Waals surface area contributed by atoms with Crippen molar-refractivity contribution in [1.29, 1.82) is 0 Å². The highest BCUT2D eigenvalue weighted by Crippen LogP contribution is 2.21. The summed E-state index contributed by atoms with van der Waals surface area (Å²) in [6.45, 7) is 1.93. The van der Waals surface area contributed by atoms with Crippen LogP contribution < -0.4 is 10.6 Å². The van der Waals surface area contributed by atoms with Crippen molar-refractivity contribution in [3.63, 3.8) is 0 Å². The molecule has 0 atom stereocenters. The molecule has 0 aliphatic rings. The Balaban J connectivity index is 2.32. The van der Waals surface area contributed by atoms with Crippen molar-refractivity contribution in [3.05, 3.63) is 51.7 Å². The standard InChI is InChI=1S/C14H14N2OS2/c1-9-7-19-8-12(9)14(17)16(2)11-5-3-4-10(6-11)13(15)18/h3-8H,1-2H3,(H2,15,18). The Hall–Kier alpha value is -1.72. The Morgan fingerprint density at radius 2 is 2.11 bits per heavy atom. The van der Waals surface area contributed by atoms with E-state index in [-0.39, 0.29) is 5.91 Å². The maximum atomic E-state index is 12.4. The third kappa shape index (κ3) is 2.83. The van der Waals surface area contributed by atoms with E-state index in [9.17, 15) is 4.79 Å². The number of thiophene rings is 1. The second-order valence-electron chi connectivity index (χ2n) is 4.25. The number of nitrogens with zero attached hydrogens (tertiary/aromatic N) is 1. The topological polar surface area (TPSA) is 46.3 Å². The molecule has 1 aromatic carbocycles. The van der Waals surface area contributed by atoms with Gasteiger partial charge in [-0.1, -0.05) is 24.4 Å². The van der Waals surface area contributed by atoms with Crippen molar-refractivity contribution in [2.45, 2.75) is 6.92 Å². The summed E-state index contributed by atoms with van der Waals surface area (Å²) in [7, 11) is 1.75. The molecule has 2 rings (SSSR count). The molecule has 1 amide bonds. The highest BCUT2D eigenvalue weighted by atomic mass is 32.1. The first kappa shape index (κ1) is 13.7. The Kier molecular flexibility index (Phi) is 3.97. The number of aryl methyl sites for hydroxylation is 1. The van der Waals surface area contributed by atoms with E-state index >= 15 is 0 Å². The van der Waals surface area contributed by atoms with Gasteiger partial charge in [-0.3, -0.25) is 4.79 Å². The fraction of sp³-hybridized carbons (Fsp3) is 0.143. The lowest BCUT2D eigenvalue weighted by Gasteiger charge is -2.18. The van der Waals surface area contributed by atoms with Crippen LogP contribution in [0.5, 0.6) is 0 Å².